The van der Waals surface area contributed by atoms with E-state index in [1.54, 1.807) is 5.32 Å². The molecule has 1 atom stereocenters. The van der Waals surface area contributed by atoms with E-state index in [9.17, 15) is 22.4 Å². The summed E-state index contributed by atoms with van der Waals surface area (Å²) in [6, 6.07) is -0.240. The summed E-state index contributed by atoms with van der Waals surface area (Å²) in [7, 11) is 0. The highest BCUT2D eigenvalue weighted by atomic mass is 19.4. The summed E-state index contributed by atoms with van der Waals surface area (Å²) in [4.78, 5) is 19.2. The van der Waals surface area contributed by atoms with Gasteiger partial charge >= 0.3 is 12.2 Å². The Kier molecular flexibility index (Phi) is 4.60. The third-order valence-electron chi connectivity index (χ3n) is 3.73. The number of hydrogen-bond acceptors (Lipinski definition) is 5. The molecule has 0 unspecified atom stereocenters. The highest BCUT2D eigenvalue weighted by molar-refractivity contribution is 5.89. The Labute approximate surface area is 149 Å². The molecule has 2 heterocycles. The number of nitrogen functional groups attached to an aromatic ring is 1. The van der Waals surface area contributed by atoms with Gasteiger partial charge in [-0.05, 0) is 25.1 Å². The second kappa shape index (κ2) is 6.74. The van der Waals surface area contributed by atoms with Crippen LogP contribution in [0.3, 0.4) is 0 Å². The average molecular weight is 383 g/mol. The lowest BCUT2D eigenvalue weighted by molar-refractivity contribution is -0.158. The van der Waals surface area contributed by atoms with Crippen LogP contribution in [0.2, 0.25) is 0 Å². The molecule has 0 bridgehead atoms. The quantitative estimate of drug-likeness (QED) is 0.599. The highest BCUT2D eigenvalue weighted by Crippen LogP contribution is 2.38. The number of carbonyl (C=O) groups excluding carboxylic acids is 1. The van der Waals surface area contributed by atoms with Crippen LogP contribution in [0.1, 0.15) is 17.4 Å². The second-order valence-corrected chi connectivity index (χ2v) is 5.63. The van der Waals surface area contributed by atoms with Gasteiger partial charge in [-0.3, -0.25) is 0 Å². The predicted octanol–water partition coefficient (Wildman–Crippen LogP) is 3.68. The number of fused-ring (bicyclic) bond motifs is 1. The molecule has 0 saturated carbocycles. The molecule has 2 amide bonds. The van der Waals surface area contributed by atoms with Crippen LogP contribution >= 0.6 is 0 Å². The molecule has 4 N–H and O–H groups in total. The normalized spacial score (nSPS) is 12.8. The number of aryl methyl sites for hydroxylation is 1. The zero-order valence-electron chi connectivity index (χ0n) is 13.8. The van der Waals surface area contributed by atoms with Crippen LogP contribution < -0.4 is 16.4 Å². The molecular weight excluding hydrogens is 370 g/mol. The van der Waals surface area contributed by atoms with Crippen molar-refractivity contribution in [2.24, 2.45) is 0 Å². The van der Waals surface area contributed by atoms with E-state index in [0.29, 0.717) is 0 Å². The van der Waals surface area contributed by atoms with Gasteiger partial charge in [0, 0.05) is 10.9 Å². The summed E-state index contributed by atoms with van der Waals surface area (Å²) in [5.74, 6) is -1.21. The number of aromatic nitrogens is 2. The van der Waals surface area contributed by atoms with Crippen molar-refractivity contribution in [1.82, 2.24) is 15.3 Å². The molecule has 7 nitrogen and oxygen atoms in total. The fourth-order valence-electron chi connectivity index (χ4n) is 2.48. The molecule has 0 aliphatic heterocycles. The number of amides is 2. The SMILES string of the molecule is Cc1c([C@H](NC(=O)Nc2cnc(N)nc2)C(F)(F)F)oc2ccc(F)cc12. The minimum Gasteiger partial charge on any atom is -0.458 e. The van der Waals surface area contributed by atoms with Crippen molar-refractivity contribution in [2.75, 3.05) is 11.1 Å². The molecule has 2 aromatic heterocycles. The van der Waals surface area contributed by atoms with Gasteiger partial charge in [-0.1, -0.05) is 0 Å². The highest BCUT2D eigenvalue weighted by Gasteiger charge is 2.45. The predicted molar refractivity (Wildman–Crippen MR) is 88.3 cm³/mol. The molecule has 0 fully saturated rings. The van der Waals surface area contributed by atoms with Crippen molar-refractivity contribution in [2.45, 2.75) is 19.1 Å². The summed E-state index contributed by atoms with van der Waals surface area (Å²) in [6.07, 6.45) is -2.58. The number of alkyl halides is 3. The number of nitrogens with one attached hydrogen (secondary N) is 2. The van der Waals surface area contributed by atoms with Crippen molar-refractivity contribution >= 4 is 28.6 Å². The van der Waals surface area contributed by atoms with Gasteiger partial charge in [-0.2, -0.15) is 13.2 Å². The first-order valence-corrected chi connectivity index (χ1v) is 7.55. The van der Waals surface area contributed by atoms with Crippen LogP contribution in [-0.2, 0) is 0 Å². The van der Waals surface area contributed by atoms with E-state index >= 15 is 0 Å². The third kappa shape index (κ3) is 3.91. The van der Waals surface area contributed by atoms with Crippen LogP contribution in [0.5, 0.6) is 0 Å². The first kappa shape index (κ1) is 18.4. The van der Waals surface area contributed by atoms with E-state index in [2.05, 4.69) is 15.3 Å². The van der Waals surface area contributed by atoms with E-state index in [0.717, 1.165) is 24.5 Å². The summed E-state index contributed by atoms with van der Waals surface area (Å²) in [6.45, 7) is 1.35. The molecule has 142 valence electrons. The Hall–Kier alpha value is -3.37. The molecule has 11 heteroatoms. The van der Waals surface area contributed by atoms with Crippen LogP contribution in [0.25, 0.3) is 11.0 Å². The maximum atomic E-state index is 13.5. The van der Waals surface area contributed by atoms with Gasteiger partial charge in [-0.25, -0.2) is 19.2 Å². The van der Waals surface area contributed by atoms with Crippen molar-refractivity contribution in [1.29, 1.82) is 0 Å². The third-order valence-corrected chi connectivity index (χ3v) is 3.73. The van der Waals surface area contributed by atoms with Gasteiger partial charge < -0.3 is 20.8 Å². The lowest BCUT2D eigenvalue weighted by Gasteiger charge is -2.20. The molecule has 0 aliphatic rings. The monoisotopic (exact) mass is 383 g/mol. The molecule has 3 rings (SSSR count). The Balaban J connectivity index is 1.89. The summed E-state index contributed by atoms with van der Waals surface area (Å²) in [5, 5.41) is 4.16. The molecule has 0 saturated heterocycles. The number of carbonyl (C=O) groups is 1. The van der Waals surface area contributed by atoms with E-state index < -0.39 is 29.8 Å². The maximum Gasteiger partial charge on any atom is 0.416 e. The Morgan fingerprint density at radius 3 is 2.56 bits per heavy atom. The molecule has 1 aromatic carbocycles. The zero-order chi connectivity index (χ0) is 19.8. The van der Waals surface area contributed by atoms with Gasteiger partial charge in [0.1, 0.15) is 17.2 Å². The van der Waals surface area contributed by atoms with E-state index in [1.807, 2.05) is 0 Å². The minimum atomic E-state index is -4.86. The Morgan fingerprint density at radius 1 is 1.26 bits per heavy atom. The lowest BCUT2D eigenvalue weighted by Crippen LogP contribution is -2.40. The van der Waals surface area contributed by atoms with Crippen LogP contribution in [-0.4, -0.2) is 22.2 Å². The van der Waals surface area contributed by atoms with Gasteiger partial charge in [0.15, 0.2) is 6.04 Å². The van der Waals surface area contributed by atoms with Crippen LogP contribution in [0.4, 0.5) is 34.0 Å². The summed E-state index contributed by atoms with van der Waals surface area (Å²) in [5.41, 5.74) is 5.49. The number of furan rings is 1. The largest absolute Gasteiger partial charge is 0.458 e. The molecular formula is C16H13F4N5O2. The number of urea groups is 1. The topological polar surface area (TPSA) is 106 Å². The lowest BCUT2D eigenvalue weighted by atomic mass is 10.1. The van der Waals surface area contributed by atoms with Crippen LogP contribution in [0.15, 0.2) is 35.0 Å². The molecule has 0 aliphatic carbocycles. The zero-order valence-corrected chi connectivity index (χ0v) is 13.8. The summed E-state index contributed by atoms with van der Waals surface area (Å²) >= 11 is 0. The molecule has 0 radical (unpaired) electrons. The summed E-state index contributed by atoms with van der Waals surface area (Å²) < 4.78 is 59.2. The smallest absolute Gasteiger partial charge is 0.416 e. The molecule has 27 heavy (non-hydrogen) atoms. The molecule has 3 aromatic rings. The Bertz CT molecular complexity index is 985. The number of hydrogen-bond donors (Lipinski definition) is 3. The number of halogens is 4. The first-order chi connectivity index (χ1) is 12.6. The second-order valence-electron chi connectivity index (χ2n) is 5.63. The number of nitrogens with zero attached hydrogens (tertiary/aromatic N) is 2. The van der Waals surface area contributed by atoms with Gasteiger partial charge in [-0.15, -0.1) is 0 Å². The number of anilines is 2. The standard InChI is InChI=1S/C16H13F4N5O2/c1-7-10-4-8(17)2-3-11(10)27-12(7)13(16(18,19)20)25-15(26)24-9-5-22-14(21)23-6-9/h2-6,13H,1H3,(H2,21,22,23)(H2,24,25,26)/t13-/m0/s1. The van der Waals surface area contributed by atoms with Crippen molar-refractivity contribution in [3.63, 3.8) is 0 Å². The van der Waals surface area contributed by atoms with Crippen molar-refractivity contribution in [3.8, 4) is 0 Å². The number of benzene rings is 1. The Morgan fingerprint density at radius 2 is 1.93 bits per heavy atom. The van der Waals surface area contributed by atoms with Gasteiger partial charge in [0.2, 0.25) is 5.95 Å². The molecule has 0 spiro atoms. The number of nitrogens with two attached hydrogens (primary N) is 1. The average Bonchev–Trinajstić information content (AvgIpc) is 2.90. The number of rotatable bonds is 3. The fraction of sp³-hybridized carbons (Fsp3) is 0.188. The van der Waals surface area contributed by atoms with E-state index in [-0.39, 0.29) is 28.2 Å². The van der Waals surface area contributed by atoms with E-state index in [4.69, 9.17) is 10.2 Å². The maximum absolute atomic E-state index is 13.5. The van der Waals surface area contributed by atoms with Gasteiger partial charge in [0.05, 0.1) is 18.1 Å². The fourth-order valence-corrected chi connectivity index (χ4v) is 2.48. The van der Waals surface area contributed by atoms with Crippen LogP contribution in [0, 0.1) is 12.7 Å². The van der Waals surface area contributed by atoms with Crippen molar-refractivity contribution < 1.29 is 26.8 Å². The minimum absolute atomic E-state index is 0.0472. The van der Waals surface area contributed by atoms with Gasteiger partial charge in [0.25, 0.3) is 0 Å². The van der Waals surface area contributed by atoms with Crippen molar-refractivity contribution in [3.05, 3.63) is 47.7 Å². The first-order valence-electron chi connectivity index (χ1n) is 7.55. The van der Waals surface area contributed by atoms with E-state index in [1.165, 1.54) is 13.0 Å².